The molecule has 3 aromatic rings. The zero-order valence-electron chi connectivity index (χ0n) is 20.4. The molecule has 3 amide bonds. The number of hydrogen-bond donors (Lipinski definition) is 1. The Morgan fingerprint density at radius 1 is 1.06 bits per heavy atom. The van der Waals surface area contributed by atoms with Crippen LogP contribution in [0, 0.1) is 0 Å². The predicted molar refractivity (Wildman–Crippen MR) is 145 cm³/mol. The van der Waals surface area contributed by atoms with Crippen LogP contribution in [-0.2, 0) is 16.1 Å². The number of rotatable bonds is 10. The van der Waals surface area contributed by atoms with Crippen LogP contribution in [0.25, 0.3) is 10.8 Å². The van der Waals surface area contributed by atoms with Crippen molar-refractivity contribution in [2.24, 2.45) is 0 Å². The molecule has 0 bridgehead atoms. The summed E-state index contributed by atoms with van der Waals surface area (Å²) >= 11 is 12.5. The molecule has 3 aromatic carbocycles. The van der Waals surface area contributed by atoms with E-state index in [2.05, 4.69) is 5.32 Å². The van der Waals surface area contributed by atoms with Crippen LogP contribution in [0.2, 0.25) is 10.0 Å². The van der Waals surface area contributed by atoms with Crippen molar-refractivity contribution in [1.82, 2.24) is 10.2 Å². The number of nitrogens with zero attached hydrogens (tertiary/aromatic N) is 2. The van der Waals surface area contributed by atoms with Gasteiger partial charge in [0.15, 0.2) is 0 Å². The minimum Gasteiger partial charge on any atom is -0.354 e. The molecule has 1 N–H and O–H groups in total. The second-order valence-corrected chi connectivity index (χ2v) is 9.74. The Bertz CT molecular complexity index is 1310. The molecule has 1 atom stereocenters. The van der Waals surface area contributed by atoms with Gasteiger partial charge in [0, 0.05) is 34.1 Å². The number of amides is 3. The Balaban J connectivity index is 1.64. The third-order valence-corrected chi connectivity index (χ3v) is 7.10. The molecule has 0 radical (unpaired) electrons. The van der Waals surface area contributed by atoms with Gasteiger partial charge in [-0.05, 0) is 48.1 Å². The van der Waals surface area contributed by atoms with Gasteiger partial charge in [0.2, 0.25) is 11.8 Å². The minimum absolute atomic E-state index is 0.119. The first-order valence-corrected chi connectivity index (χ1v) is 13.0. The van der Waals surface area contributed by atoms with Crippen LogP contribution in [0.15, 0.2) is 54.6 Å². The van der Waals surface area contributed by atoms with Crippen LogP contribution in [0.3, 0.4) is 0 Å². The van der Waals surface area contributed by atoms with E-state index in [0.717, 1.165) is 23.6 Å². The van der Waals surface area contributed by atoms with E-state index in [0.29, 0.717) is 39.8 Å². The molecular weight excluding hydrogens is 497 g/mol. The smallest absolute Gasteiger partial charge is 0.259 e. The van der Waals surface area contributed by atoms with Gasteiger partial charge in [-0.2, -0.15) is 0 Å². The number of nitrogens with one attached hydrogen (secondary N) is 1. The summed E-state index contributed by atoms with van der Waals surface area (Å²) in [7, 11) is 0. The normalized spacial score (nSPS) is 13.2. The molecule has 4 rings (SSSR count). The summed E-state index contributed by atoms with van der Waals surface area (Å²) in [5.41, 5.74) is 1.95. The van der Waals surface area contributed by atoms with Gasteiger partial charge in [0.1, 0.15) is 12.6 Å². The molecule has 0 aromatic heterocycles. The number of benzene rings is 3. The van der Waals surface area contributed by atoms with Crippen LogP contribution < -0.4 is 10.2 Å². The molecule has 0 unspecified atom stereocenters. The van der Waals surface area contributed by atoms with E-state index < -0.39 is 6.04 Å². The highest BCUT2D eigenvalue weighted by molar-refractivity contribution is 6.35. The van der Waals surface area contributed by atoms with E-state index in [-0.39, 0.29) is 30.8 Å². The number of halogens is 2. The molecule has 0 aliphatic carbocycles. The Morgan fingerprint density at radius 3 is 2.50 bits per heavy atom. The highest BCUT2D eigenvalue weighted by Gasteiger charge is 2.35. The molecule has 1 heterocycles. The third kappa shape index (κ3) is 5.20. The Morgan fingerprint density at radius 2 is 1.81 bits per heavy atom. The average Bonchev–Trinajstić information content (AvgIpc) is 3.13. The third-order valence-electron chi connectivity index (χ3n) is 6.51. The maximum Gasteiger partial charge on any atom is 0.259 e. The summed E-state index contributed by atoms with van der Waals surface area (Å²) in [6, 6.07) is 15.6. The molecule has 1 aliphatic heterocycles. The fourth-order valence-corrected chi connectivity index (χ4v) is 5.09. The number of carbonyl (C=O) groups excluding carboxylic acids is 3. The van der Waals surface area contributed by atoms with Crippen LogP contribution in [0.4, 0.5) is 5.69 Å². The Hall–Kier alpha value is -3.09. The molecule has 1 aliphatic rings. The van der Waals surface area contributed by atoms with Crippen LogP contribution in [-0.4, -0.2) is 41.8 Å². The van der Waals surface area contributed by atoms with Crippen molar-refractivity contribution in [3.05, 3.63) is 75.8 Å². The summed E-state index contributed by atoms with van der Waals surface area (Å²) in [4.78, 5) is 43.2. The van der Waals surface area contributed by atoms with E-state index in [9.17, 15) is 14.4 Å². The molecule has 0 fully saturated rings. The Labute approximate surface area is 221 Å². The molecule has 0 spiro atoms. The zero-order chi connectivity index (χ0) is 25.8. The average molecular weight is 526 g/mol. The number of anilines is 1. The van der Waals surface area contributed by atoms with Crippen molar-refractivity contribution >= 4 is 57.4 Å². The van der Waals surface area contributed by atoms with Gasteiger partial charge in [0.05, 0.1) is 5.69 Å². The van der Waals surface area contributed by atoms with Gasteiger partial charge in [-0.1, -0.05) is 73.8 Å². The molecule has 36 heavy (non-hydrogen) atoms. The van der Waals surface area contributed by atoms with E-state index in [4.69, 9.17) is 23.2 Å². The maximum absolute atomic E-state index is 13.8. The molecule has 6 nitrogen and oxygen atoms in total. The minimum atomic E-state index is -0.711. The highest BCUT2D eigenvalue weighted by atomic mass is 35.5. The molecule has 0 saturated carbocycles. The topological polar surface area (TPSA) is 69.7 Å². The van der Waals surface area contributed by atoms with Crippen LogP contribution in [0.1, 0.15) is 49.0 Å². The molecule has 188 valence electrons. The number of hydrogen-bond acceptors (Lipinski definition) is 3. The van der Waals surface area contributed by atoms with Gasteiger partial charge in [-0.15, -0.1) is 0 Å². The van der Waals surface area contributed by atoms with Gasteiger partial charge in [-0.25, -0.2) is 0 Å². The second kappa shape index (κ2) is 11.3. The van der Waals surface area contributed by atoms with Gasteiger partial charge >= 0.3 is 0 Å². The summed E-state index contributed by atoms with van der Waals surface area (Å²) in [6.07, 6.45) is 2.21. The summed E-state index contributed by atoms with van der Waals surface area (Å²) in [5.74, 6) is -0.778. The second-order valence-electron chi connectivity index (χ2n) is 8.90. The van der Waals surface area contributed by atoms with E-state index in [1.54, 1.807) is 24.3 Å². The van der Waals surface area contributed by atoms with Crippen molar-refractivity contribution in [3.63, 3.8) is 0 Å². The van der Waals surface area contributed by atoms with Crippen LogP contribution >= 0.6 is 23.2 Å². The monoisotopic (exact) mass is 525 g/mol. The van der Waals surface area contributed by atoms with Gasteiger partial charge in [0.25, 0.3) is 5.91 Å². The first kappa shape index (κ1) is 26.0. The van der Waals surface area contributed by atoms with Crippen molar-refractivity contribution in [1.29, 1.82) is 0 Å². The lowest BCUT2D eigenvalue weighted by atomic mass is 10.1. The lowest BCUT2D eigenvalue weighted by Crippen LogP contribution is -2.52. The van der Waals surface area contributed by atoms with Crippen molar-refractivity contribution in [2.45, 2.75) is 45.7 Å². The summed E-state index contributed by atoms with van der Waals surface area (Å²) in [6.45, 7) is 4.39. The maximum atomic E-state index is 13.8. The van der Waals surface area contributed by atoms with E-state index >= 15 is 0 Å². The van der Waals surface area contributed by atoms with E-state index in [1.165, 1.54) is 9.80 Å². The fraction of sp³-hybridized carbons (Fsp3) is 0.321. The first-order valence-electron chi connectivity index (χ1n) is 12.2. The molecule has 8 heteroatoms. The van der Waals surface area contributed by atoms with Crippen molar-refractivity contribution in [3.8, 4) is 0 Å². The lowest BCUT2D eigenvalue weighted by molar-refractivity contribution is -0.140. The summed E-state index contributed by atoms with van der Waals surface area (Å²) in [5, 5.41) is 5.63. The van der Waals surface area contributed by atoms with Gasteiger partial charge in [-0.3, -0.25) is 19.3 Å². The predicted octanol–water partition coefficient (Wildman–Crippen LogP) is 5.83. The summed E-state index contributed by atoms with van der Waals surface area (Å²) < 4.78 is 0. The van der Waals surface area contributed by atoms with E-state index in [1.807, 2.05) is 44.2 Å². The Kier molecular flexibility index (Phi) is 8.17. The molecular formula is C28H29Cl2N3O3. The number of unbranched alkanes of at least 4 members (excludes halogenated alkanes) is 1. The first-order chi connectivity index (χ1) is 17.3. The fourth-order valence-electron chi connectivity index (χ4n) is 4.62. The van der Waals surface area contributed by atoms with Crippen molar-refractivity contribution < 1.29 is 14.4 Å². The lowest BCUT2D eigenvalue weighted by Gasteiger charge is -2.32. The molecule has 0 saturated heterocycles. The number of carbonyl (C=O) groups is 3. The van der Waals surface area contributed by atoms with Crippen LogP contribution in [0.5, 0.6) is 0 Å². The van der Waals surface area contributed by atoms with Gasteiger partial charge < -0.3 is 10.2 Å². The largest absolute Gasteiger partial charge is 0.354 e. The SMILES string of the molecule is CCCCNC(=O)[C@@H](CC)N(Cc1ccc(Cl)cc1Cl)C(=O)CN1C(=O)c2cccc3cccc1c23. The zero-order valence-corrected chi connectivity index (χ0v) is 21.9. The standard InChI is InChI=1S/C28H29Cl2N3O3/c1-3-5-14-31-27(35)23(4-2)32(16-19-12-13-20(29)15-22(19)30)25(34)17-33-24-11-7-9-18-8-6-10-21(26(18)24)28(33)36/h6-13,15,23H,3-5,14,16-17H2,1-2H3,(H,31,35)/t23-/m1/s1. The highest BCUT2D eigenvalue weighted by Crippen LogP contribution is 2.37. The van der Waals surface area contributed by atoms with Crippen molar-refractivity contribution in [2.75, 3.05) is 18.0 Å². The quantitative estimate of drug-likeness (QED) is 0.338.